The van der Waals surface area contributed by atoms with Crippen molar-refractivity contribution in [2.45, 2.75) is 13.3 Å². The van der Waals surface area contributed by atoms with Crippen LogP contribution in [0, 0.1) is 0 Å². The van der Waals surface area contributed by atoms with Gasteiger partial charge in [0.05, 0.1) is 17.0 Å². The summed E-state index contributed by atoms with van der Waals surface area (Å²) in [5.74, 6) is 1.44. The van der Waals surface area contributed by atoms with E-state index in [4.69, 9.17) is 4.74 Å². The predicted molar refractivity (Wildman–Crippen MR) is 82.1 cm³/mol. The number of carbonyl (C=O) groups is 1. The van der Waals surface area contributed by atoms with Gasteiger partial charge in [-0.2, -0.15) is 5.10 Å². The molecule has 1 aromatic carbocycles. The molecule has 1 aromatic rings. The molecular weight excluding hydrogens is 266 g/mol. The number of para-hydroxylation sites is 2. The summed E-state index contributed by atoms with van der Waals surface area (Å²) in [5.41, 5.74) is 2.44. The van der Waals surface area contributed by atoms with Crippen molar-refractivity contribution in [3.8, 4) is 5.75 Å². The van der Waals surface area contributed by atoms with E-state index in [1.54, 1.807) is 13.1 Å². The van der Waals surface area contributed by atoms with E-state index in [1.165, 1.54) is 5.01 Å². The molecular formula is C16H17N3O2. The molecule has 108 valence electrons. The van der Waals surface area contributed by atoms with Crippen LogP contribution in [0.5, 0.6) is 5.75 Å². The summed E-state index contributed by atoms with van der Waals surface area (Å²) < 4.78 is 5.79. The molecule has 1 amide bonds. The summed E-state index contributed by atoms with van der Waals surface area (Å²) >= 11 is 0. The van der Waals surface area contributed by atoms with Crippen LogP contribution in [0.4, 0.5) is 5.69 Å². The van der Waals surface area contributed by atoms with E-state index in [0.717, 1.165) is 23.6 Å². The molecule has 0 aromatic heterocycles. The molecule has 0 N–H and O–H groups in total. The zero-order valence-corrected chi connectivity index (χ0v) is 12.3. The number of amides is 1. The fourth-order valence-electron chi connectivity index (χ4n) is 2.43. The molecule has 5 heteroatoms. The van der Waals surface area contributed by atoms with Crippen LogP contribution in [0.2, 0.25) is 0 Å². The molecule has 0 fully saturated rings. The fourth-order valence-corrected chi connectivity index (χ4v) is 2.43. The van der Waals surface area contributed by atoms with Gasteiger partial charge in [0.2, 0.25) is 0 Å². The highest BCUT2D eigenvalue weighted by Crippen LogP contribution is 2.37. The highest BCUT2D eigenvalue weighted by Gasteiger charge is 2.26. The van der Waals surface area contributed by atoms with E-state index in [9.17, 15) is 4.79 Å². The molecule has 2 aliphatic heterocycles. The third kappa shape index (κ3) is 2.20. The molecule has 0 unspecified atom stereocenters. The smallest absolute Gasteiger partial charge is 0.275 e. The molecule has 0 spiro atoms. The Bertz CT molecular complexity index is 689. The highest BCUT2D eigenvalue weighted by molar-refractivity contribution is 6.24. The number of carbonyl (C=O) groups excluding carboxylic acids is 1. The van der Waals surface area contributed by atoms with Gasteiger partial charge < -0.3 is 9.64 Å². The van der Waals surface area contributed by atoms with Crippen molar-refractivity contribution in [1.82, 2.24) is 5.01 Å². The fraction of sp³-hybridized carbons (Fsp3) is 0.250. The number of anilines is 1. The van der Waals surface area contributed by atoms with Gasteiger partial charge in [-0.25, -0.2) is 5.01 Å². The van der Waals surface area contributed by atoms with Crippen LogP contribution >= 0.6 is 0 Å². The Hall–Kier alpha value is -2.56. The summed E-state index contributed by atoms with van der Waals surface area (Å²) in [6, 6.07) is 7.83. The Labute approximate surface area is 123 Å². The molecule has 3 rings (SSSR count). The van der Waals surface area contributed by atoms with Crippen LogP contribution in [0.15, 0.2) is 53.0 Å². The van der Waals surface area contributed by atoms with Crippen molar-refractivity contribution in [3.63, 3.8) is 0 Å². The number of fused-ring (bicyclic) bond motifs is 1. The van der Waals surface area contributed by atoms with Crippen molar-refractivity contribution < 1.29 is 9.53 Å². The highest BCUT2D eigenvalue weighted by atomic mass is 16.5. The maximum Gasteiger partial charge on any atom is 0.275 e. The number of likely N-dealkylation sites (N-methyl/N-ethyl adjacent to an activating group) is 1. The van der Waals surface area contributed by atoms with E-state index in [2.05, 4.69) is 5.10 Å². The second-order valence-electron chi connectivity index (χ2n) is 4.94. The maximum atomic E-state index is 12.0. The van der Waals surface area contributed by atoms with E-state index in [1.807, 2.05) is 49.2 Å². The molecule has 0 radical (unpaired) electrons. The molecule has 21 heavy (non-hydrogen) atoms. The molecule has 0 aliphatic carbocycles. The number of rotatable bonds is 2. The number of nitrogens with zero attached hydrogens (tertiary/aromatic N) is 3. The van der Waals surface area contributed by atoms with Gasteiger partial charge in [-0.05, 0) is 30.7 Å². The Morgan fingerprint density at radius 1 is 1.24 bits per heavy atom. The Morgan fingerprint density at radius 2 is 2.00 bits per heavy atom. The van der Waals surface area contributed by atoms with Crippen LogP contribution in [0.1, 0.15) is 13.3 Å². The molecule has 2 aliphatic rings. The zero-order chi connectivity index (χ0) is 15.0. The van der Waals surface area contributed by atoms with Gasteiger partial charge in [0.25, 0.3) is 5.91 Å². The van der Waals surface area contributed by atoms with Gasteiger partial charge in [-0.1, -0.05) is 19.1 Å². The first-order chi connectivity index (χ1) is 10.1. The number of allylic oxidation sites excluding steroid dienone is 2. The van der Waals surface area contributed by atoms with Crippen LogP contribution in [-0.4, -0.2) is 30.7 Å². The summed E-state index contributed by atoms with van der Waals surface area (Å²) in [6.07, 6.45) is 4.32. The lowest BCUT2D eigenvalue weighted by Crippen LogP contribution is -2.17. The van der Waals surface area contributed by atoms with Gasteiger partial charge in [-0.3, -0.25) is 4.79 Å². The molecule has 5 nitrogen and oxygen atoms in total. The van der Waals surface area contributed by atoms with Crippen molar-refractivity contribution in [1.29, 1.82) is 0 Å². The average molecular weight is 283 g/mol. The van der Waals surface area contributed by atoms with E-state index < -0.39 is 0 Å². The van der Waals surface area contributed by atoms with Crippen molar-refractivity contribution in [2.75, 3.05) is 19.0 Å². The minimum atomic E-state index is -0.0816. The first kappa shape index (κ1) is 13.4. The number of benzene rings is 1. The quantitative estimate of drug-likeness (QED) is 0.783. The molecule has 0 atom stereocenters. The Morgan fingerprint density at radius 3 is 2.71 bits per heavy atom. The number of ether oxygens (including phenoxy) is 1. The first-order valence-corrected chi connectivity index (χ1v) is 6.90. The van der Waals surface area contributed by atoms with E-state index in [0.29, 0.717) is 11.5 Å². The van der Waals surface area contributed by atoms with Crippen LogP contribution in [0.25, 0.3) is 0 Å². The third-order valence-electron chi connectivity index (χ3n) is 3.61. The van der Waals surface area contributed by atoms with Gasteiger partial charge in [-0.15, -0.1) is 0 Å². The predicted octanol–water partition coefficient (Wildman–Crippen LogP) is 2.52. The number of hydrogen-bond acceptors (Lipinski definition) is 4. The van der Waals surface area contributed by atoms with Crippen LogP contribution < -0.4 is 9.64 Å². The zero-order valence-electron chi connectivity index (χ0n) is 12.3. The first-order valence-electron chi connectivity index (χ1n) is 6.90. The van der Waals surface area contributed by atoms with Gasteiger partial charge in [0.1, 0.15) is 0 Å². The SMILES string of the molecule is CCC1=NN(C)C(=O)/C1=C/C=C1/Oc2ccccc2N1C. The average Bonchev–Trinajstić information content (AvgIpc) is 2.96. The Kier molecular flexibility index (Phi) is 3.25. The summed E-state index contributed by atoms with van der Waals surface area (Å²) in [4.78, 5) is 14.0. The third-order valence-corrected chi connectivity index (χ3v) is 3.61. The lowest BCUT2D eigenvalue weighted by atomic mass is 10.1. The van der Waals surface area contributed by atoms with E-state index in [-0.39, 0.29) is 5.91 Å². The van der Waals surface area contributed by atoms with Crippen LogP contribution in [-0.2, 0) is 4.79 Å². The minimum Gasteiger partial charge on any atom is -0.439 e. The summed E-state index contributed by atoms with van der Waals surface area (Å²) in [5, 5.41) is 5.59. The van der Waals surface area contributed by atoms with Gasteiger partial charge in [0.15, 0.2) is 11.6 Å². The van der Waals surface area contributed by atoms with Crippen LogP contribution in [0.3, 0.4) is 0 Å². The van der Waals surface area contributed by atoms with Gasteiger partial charge in [0, 0.05) is 14.1 Å². The van der Waals surface area contributed by atoms with Crippen molar-refractivity contribution >= 4 is 17.3 Å². The largest absolute Gasteiger partial charge is 0.439 e. The van der Waals surface area contributed by atoms with Crippen molar-refractivity contribution in [3.05, 3.63) is 47.9 Å². The number of hydrazone groups is 1. The molecule has 0 saturated carbocycles. The standard InChI is InChI=1S/C16H17N3O2/c1-4-12-11(16(20)19(3)17-12)9-10-15-18(2)13-7-5-6-8-14(13)21-15/h5-10H,4H2,1-3H3/b11-9+,15-10+. The summed E-state index contributed by atoms with van der Waals surface area (Å²) in [7, 11) is 3.60. The second-order valence-corrected chi connectivity index (χ2v) is 4.94. The Balaban J connectivity index is 1.90. The molecule has 0 saturated heterocycles. The normalized spacial score (nSPS) is 21.1. The van der Waals surface area contributed by atoms with E-state index >= 15 is 0 Å². The minimum absolute atomic E-state index is 0.0816. The lowest BCUT2D eigenvalue weighted by Gasteiger charge is -2.10. The molecule has 2 heterocycles. The monoisotopic (exact) mass is 283 g/mol. The number of hydrogen-bond donors (Lipinski definition) is 0. The maximum absolute atomic E-state index is 12.0. The van der Waals surface area contributed by atoms with Crippen molar-refractivity contribution in [2.24, 2.45) is 5.10 Å². The van der Waals surface area contributed by atoms with Gasteiger partial charge >= 0.3 is 0 Å². The summed E-state index contributed by atoms with van der Waals surface area (Å²) in [6.45, 7) is 1.99. The lowest BCUT2D eigenvalue weighted by molar-refractivity contribution is -0.124. The second kappa shape index (κ2) is 5.09. The topological polar surface area (TPSA) is 45.1 Å². The molecule has 0 bridgehead atoms.